The Morgan fingerprint density at radius 3 is 3.31 bits per heavy atom. The summed E-state index contributed by atoms with van der Waals surface area (Å²) < 4.78 is 1.69. The van der Waals surface area contributed by atoms with Gasteiger partial charge in [0.15, 0.2) is 0 Å². The molecule has 0 saturated heterocycles. The van der Waals surface area contributed by atoms with Crippen molar-refractivity contribution in [1.82, 2.24) is 15.1 Å². The highest BCUT2D eigenvalue weighted by Gasteiger charge is 2.27. The van der Waals surface area contributed by atoms with Crippen LogP contribution in [0.25, 0.3) is 0 Å². The fourth-order valence-corrected chi connectivity index (χ4v) is 1.63. The lowest BCUT2D eigenvalue weighted by Crippen LogP contribution is -2.32. The Bertz CT molecular complexity index is 346. The zero-order valence-corrected chi connectivity index (χ0v) is 7.23. The lowest BCUT2D eigenvalue weighted by molar-refractivity contribution is -0.385. The third kappa shape index (κ3) is 1.19. The summed E-state index contributed by atoms with van der Waals surface area (Å²) in [6.07, 6.45) is 1.32. The number of aromatic nitrogens is 2. The van der Waals surface area contributed by atoms with Crippen molar-refractivity contribution in [2.24, 2.45) is 0 Å². The minimum atomic E-state index is -0.387. The standard InChI is InChI=1S/C7H10N4O2/c1-5-7-6(11(12)13)4-9-10(7)3-2-8-5/h4-5,8H,2-3H2,1H3. The molecule has 6 heteroatoms. The maximum Gasteiger partial charge on any atom is 0.311 e. The summed E-state index contributed by atoms with van der Waals surface area (Å²) in [5, 5.41) is 17.7. The van der Waals surface area contributed by atoms with E-state index in [0.717, 1.165) is 6.54 Å². The maximum absolute atomic E-state index is 10.6. The highest BCUT2D eigenvalue weighted by atomic mass is 16.6. The van der Waals surface area contributed by atoms with E-state index in [2.05, 4.69) is 10.4 Å². The Morgan fingerprint density at radius 2 is 2.62 bits per heavy atom. The molecule has 1 N–H and O–H groups in total. The van der Waals surface area contributed by atoms with Gasteiger partial charge in [0.2, 0.25) is 0 Å². The predicted molar refractivity (Wildman–Crippen MR) is 45.3 cm³/mol. The van der Waals surface area contributed by atoms with Gasteiger partial charge >= 0.3 is 5.69 Å². The van der Waals surface area contributed by atoms with E-state index in [1.165, 1.54) is 6.20 Å². The van der Waals surface area contributed by atoms with E-state index in [0.29, 0.717) is 12.2 Å². The summed E-state index contributed by atoms with van der Waals surface area (Å²) in [6.45, 7) is 3.42. The molecule has 1 aliphatic heterocycles. The van der Waals surface area contributed by atoms with E-state index < -0.39 is 0 Å². The molecule has 70 valence electrons. The van der Waals surface area contributed by atoms with Gasteiger partial charge in [0.25, 0.3) is 0 Å². The van der Waals surface area contributed by atoms with Crippen molar-refractivity contribution >= 4 is 5.69 Å². The SMILES string of the molecule is CC1NCCn2ncc([N+](=O)[O-])c21. The van der Waals surface area contributed by atoms with Crippen LogP contribution < -0.4 is 5.32 Å². The van der Waals surface area contributed by atoms with Crippen LogP contribution in [0.5, 0.6) is 0 Å². The quantitative estimate of drug-likeness (QED) is 0.505. The number of hydrogen-bond acceptors (Lipinski definition) is 4. The number of nitrogens with zero attached hydrogens (tertiary/aromatic N) is 3. The van der Waals surface area contributed by atoms with Gasteiger partial charge in [-0.3, -0.25) is 14.8 Å². The zero-order valence-electron chi connectivity index (χ0n) is 7.23. The molecule has 1 aliphatic rings. The number of hydrogen-bond donors (Lipinski definition) is 1. The highest BCUT2D eigenvalue weighted by molar-refractivity contribution is 5.35. The van der Waals surface area contributed by atoms with Gasteiger partial charge in [-0.05, 0) is 6.92 Å². The van der Waals surface area contributed by atoms with Gasteiger partial charge in [0.05, 0.1) is 17.5 Å². The van der Waals surface area contributed by atoms with Crippen LogP contribution in [0.2, 0.25) is 0 Å². The maximum atomic E-state index is 10.6. The van der Waals surface area contributed by atoms with Crippen LogP contribution in [0.15, 0.2) is 6.20 Å². The average molecular weight is 182 g/mol. The summed E-state index contributed by atoms with van der Waals surface area (Å²) in [7, 11) is 0. The van der Waals surface area contributed by atoms with E-state index >= 15 is 0 Å². The largest absolute Gasteiger partial charge is 0.311 e. The van der Waals surface area contributed by atoms with Crippen molar-refractivity contribution < 1.29 is 4.92 Å². The molecule has 0 aliphatic carbocycles. The van der Waals surface area contributed by atoms with E-state index in [4.69, 9.17) is 0 Å². The normalized spacial score (nSPS) is 21.2. The van der Waals surface area contributed by atoms with Crippen LogP contribution in [0.3, 0.4) is 0 Å². The molecule has 0 aromatic carbocycles. The molecule has 0 saturated carbocycles. The first kappa shape index (κ1) is 8.18. The number of nitrogens with one attached hydrogen (secondary N) is 1. The second-order valence-corrected chi connectivity index (χ2v) is 3.07. The highest BCUT2D eigenvalue weighted by Crippen LogP contribution is 2.26. The first-order valence-electron chi connectivity index (χ1n) is 4.13. The molecular weight excluding hydrogens is 172 g/mol. The molecule has 0 fully saturated rings. The Balaban J connectivity index is 2.50. The van der Waals surface area contributed by atoms with Crippen LogP contribution in [0.4, 0.5) is 5.69 Å². The molecular formula is C7H10N4O2. The van der Waals surface area contributed by atoms with Crippen molar-refractivity contribution in [2.75, 3.05) is 6.54 Å². The van der Waals surface area contributed by atoms with Crippen LogP contribution in [0.1, 0.15) is 18.7 Å². The van der Waals surface area contributed by atoms with Crippen LogP contribution in [-0.4, -0.2) is 21.2 Å². The van der Waals surface area contributed by atoms with Gasteiger partial charge in [-0.25, -0.2) is 0 Å². The van der Waals surface area contributed by atoms with E-state index in [9.17, 15) is 10.1 Å². The van der Waals surface area contributed by atoms with Crippen LogP contribution in [-0.2, 0) is 6.54 Å². The first-order valence-corrected chi connectivity index (χ1v) is 4.13. The fourth-order valence-electron chi connectivity index (χ4n) is 1.63. The monoisotopic (exact) mass is 182 g/mol. The average Bonchev–Trinajstić information content (AvgIpc) is 2.49. The van der Waals surface area contributed by atoms with Crippen molar-refractivity contribution in [3.63, 3.8) is 0 Å². The Labute approximate surface area is 74.7 Å². The van der Waals surface area contributed by atoms with E-state index in [-0.39, 0.29) is 16.7 Å². The van der Waals surface area contributed by atoms with Gasteiger partial charge in [-0.1, -0.05) is 0 Å². The molecule has 2 heterocycles. The molecule has 0 bridgehead atoms. The minimum Gasteiger partial charge on any atom is -0.307 e. The molecule has 0 spiro atoms. The van der Waals surface area contributed by atoms with Crippen molar-refractivity contribution in [3.05, 3.63) is 22.0 Å². The lowest BCUT2D eigenvalue weighted by Gasteiger charge is -2.20. The van der Waals surface area contributed by atoms with E-state index in [1.807, 2.05) is 6.92 Å². The fraction of sp³-hybridized carbons (Fsp3) is 0.571. The molecule has 1 unspecified atom stereocenters. The van der Waals surface area contributed by atoms with Gasteiger partial charge < -0.3 is 5.32 Å². The third-order valence-corrected chi connectivity index (χ3v) is 2.24. The second-order valence-electron chi connectivity index (χ2n) is 3.07. The third-order valence-electron chi connectivity index (χ3n) is 2.24. The van der Waals surface area contributed by atoms with Crippen LogP contribution >= 0.6 is 0 Å². The summed E-state index contributed by atoms with van der Waals surface area (Å²) >= 11 is 0. The topological polar surface area (TPSA) is 73.0 Å². The minimum absolute atomic E-state index is 0.0108. The lowest BCUT2D eigenvalue weighted by atomic mass is 10.2. The molecule has 6 nitrogen and oxygen atoms in total. The number of rotatable bonds is 1. The molecule has 1 aromatic rings. The van der Waals surface area contributed by atoms with Gasteiger partial charge in [-0.2, -0.15) is 5.10 Å². The summed E-state index contributed by atoms with van der Waals surface area (Å²) in [4.78, 5) is 10.2. The summed E-state index contributed by atoms with van der Waals surface area (Å²) in [5.74, 6) is 0. The first-order chi connectivity index (χ1) is 6.20. The van der Waals surface area contributed by atoms with Gasteiger partial charge in [0.1, 0.15) is 11.9 Å². The summed E-state index contributed by atoms with van der Waals surface area (Å²) in [6, 6.07) is 0.0108. The molecule has 1 atom stereocenters. The summed E-state index contributed by atoms with van der Waals surface area (Å²) in [5.41, 5.74) is 0.788. The van der Waals surface area contributed by atoms with Gasteiger partial charge in [-0.15, -0.1) is 0 Å². The molecule has 0 amide bonds. The van der Waals surface area contributed by atoms with E-state index in [1.54, 1.807) is 4.68 Å². The molecule has 0 radical (unpaired) electrons. The molecule has 1 aromatic heterocycles. The smallest absolute Gasteiger partial charge is 0.307 e. The van der Waals surface area contributed by atoms with Crippen LogP contribution in [0, 0.1) is 10.1 Å². The Kier molecular flexibility index (Phi) is 1.77. The van der Waals surface area contributed by atoms with Crippen molar-refractivity contribution in [3.8, 4) is 0 Å². The second kappa shape index (κ2) is 2.81. The van der Waals surface area contributed by atoms with Gasteiger partial charge in [0, 0.05) is 6.54 Å². The Morgan fingerprint density at radius 1 is 1.85 bits per heavy atom. The number of nitro groups is 1. The number of fused-ring (bicyclic) bond motifs is 1. The molecule has 2 rings (SSSR count). The van der Waals surface area contributed by atoms with Crippen molar-refractivity contribution in [2.45, 2.75) is 19.5 Å². The Hall–Kier alpha value is -1.43. The zero-order chi connectivity index (χ0) is 9.42. The van der Waals surface area contributed by atoms with Crippen molar-refractivity contribution in [1.29, 1.82) is 0 Å². The molecule has 13 heavy (non-hydrogen) atoms. The predicted octanol–water partition coefficient (Wildman–Crippen LogP) is 0.455.